The molecule has 0 spiro atoms. The summed E-state index contributed by atoms with van der Waals surface area (Å²) in [5, 5.41) is 25.5. The van der Waals surface area contributed by atoms with Crippen LogP contribution < -0.4 is 10.6 Å². The highest BCUT2D eigenvalue weighted by atomic mass is 16.3. The maximum Gasteiger partial charge on any atom is 0.254 e. The summed E-state index contributed by atoms with van der Waals surface area (Å²) in [6, 6.07) is 5.44. The molecule has 1 saturated heterocycles. The summed E-state index contributed by atoms with van der Waals surface area (Å²) < 4.78 is 0. The fourth-order valence-electron chi connectivity index (χ4n) is 2.49. The van der Waals surface area contributed by atoms with E-state index in [1.807, 2.05) is 6.07 Å². The number of carbonyl (C=O) groups is 1. The quantitative estimate of drug-likeness (QED) is 0.559. The number of nitrogens with zero attached hydrogens (tertiary/aromatic N) is 1. The number of amides is 1. The number of nitrogens with one attached hydrogen (secondary N) is 2. The van der Waals surface area contributed by atoms with Gasteiger partial charge in [-0.05, 0) is 18.2 Å². The van der Waals surface area contributed by atoms with E-state index in [-0.39, 0.29) is 19.0 Å². The van der Waals surface area contributed by atoms with Crippen LogP contribution in [0.4, 0.5) is 11.4 Å². The average molecular weight is 263 g/mol. The van der Waals surface area contributed by atoms with Crippen LogP contribution in [0.3, 0.4) is 0 Å². The molecule has 0 saturated carbocycles. The van der Waals surface area contributed by atoms with E-state index >= 15 is 0 Å². The van der Waals surface area contributed by atoms with Gasteiger partial charge in [-0.25, -0.2) is 0 Å². The molecule has 1 aromatic carbocycles. The molecule has 2 aliphatic rings. The number of rotatable bonds is 1. The molecule has 6 nitrogen and oxygen atoms in total. The molecule has 6 heteroatoms. The van der Waals surface area contributed by atoms with Gasteiger partial charge in [0.05, 0.1) is 23.6 Å². The van der Waals surface area contributed by atoms with E-state index < -0.39 is 12.2 Å². The molecule has 4 N–H and O–H groups in total. The highest BCUT2D eigenvalue weighted by Crippen LogP contribution is 2.26. The van der Waals surface area contributed by atoms with Gasteiger partial charge in [0.15, 0.2) is 0 Å². The number of hydrogen-bond donors (Lipinski definition) is 4. The second-order valence-corrected chi connectivity index (χ2v) is 4.96. The number of β-amino-alcohol motifs (C(OH)–C–C–N with tert-alkyl or cyclic N) is 2. The number of aliphatic hydroxyl groups excluding tert-OH is 2. The molecule has 3 rings (SSSR count). The smallest absolute Gasteiger partial charge is 0.254 e. The zero-order valence-corrected chi connectivity index (χ0v) is 10.5. The van der Waals surface area contributed by atoms with Gasteiger partial charge in [-0.2, -0.15) is 0 Å². The van der Waals surface area contributed by atoms with E-state index in [0.29, 0.717) is 5.56 Å². The summed E-state index contributed by atoms with van der Waals surface area (Å²) in [7, 11) is 0. The molecule has 2 atom stereocenters. The van der Waals surface area contributed by atoms with E-state index in [4.69, 9.17) is 0 Å². The van der Waals surface area contributed by atoms with Crippen molar-refractivity contribution in [1.29, 1.82) is 0 Å². The number of benzene rings is 1. The van der Waals surface area contributed by atoms with Crippen molar-refractivity contribution in [3.05, 3.63) is 23.8 Å². The number of likely N-dealkylation sites (tertiary alicyclic amines) is 1. The van der Waals surface area contributed by atoms with Crippen LogP contribution >= 0.6 is 0 Å². The Labute approximate surface area is 111 Å². The summed E-state index contributed by atoms with van der Waals surface area (Å²) >= 11 is 0. The minimum absolute atomic E-state index is 0.161. The standard InChI is InChI=1S/C13H17N3O3/c17-11-6-16(7-12(11)18)13(19)8-1-2-9-10(5-8)15-4-3-14-9/h1-2,5,11-12,14-15,17-18H,3-4,6-7H2. The maximum absolute atomic E-state index is 12.3. The lowest BCUT2D eigenvalue weighted by Gasteiger charge is -2.21. The topological polar surface area (TPSA) is 84.8 Å². The number of carbonyl (C=O) groups excluding carboxylic acids is 1. The van der Waals surface area contributed by atoms with E-state index in [2.05, 4.69) is 10.6 Å². The molecule has 19 heavy (non-hydrogen) atoms. The van der Waals surface area contributed by atoms with E-state index in [1.165, 1.54) is 4.90 Å². The third-order valence-corrected chi connectivity index (χ3v) is 3.57. The molecule has 0 radical (unpaired) electrons. The zero-order chi connectivity index (χ0) is 13.4. The van der Waals surface area contributed by atoms with Crippen LogP contribution in [0.5, 0.6) is 0 Å². The SMILES string of the molecule is O=C(c1ccc2c(c1)NCCN2)N1CC(O)C(O)C1. The van der Waals surface area contributed by atoms with Gasteiger partial charge in [0.2, 0.25) is 0 Å². The fraction of sp³-hybridized carbons (Fsp3) is 0.462. The van der Waals surface area contributed by atoms with Crippen molar-refractivity contribution in [2.45, 2.75) is 12.2 Å². The Hall–Kier alpha value is -1.79. The third-order valence-electron chi connectivity index (χ3n) is 3.57. The van der Waals surface area contributed by atoms with Crippen molar-refractivity contribution in [3.63, 3.8) is 0 Å². The molecule has 2 unspecified atom stereocenters. The molecule has 102 valence electrons. The molecule has 0 aromatic heterocycles. The zero-order valence-electron chi connectivity index (χ0n) is 10.5. The molecule has 1 amide bonds. The lowest BCUT2D eigenvalue weighted by atomic mass is 10.1. The second kappa shape index (κ2) is 4.71. The van der Waals surface area contributed by atoms with E-state index in [9.17, 15) is 15.0 Å². The molecule has 2 aliphatic heterocycles. The van der Waals surface area contributed by atoms with E-state index in [0.717, 1.165) is 24.5 Å². The molecule has 0 bridgehead atoms. The highest BCUT2D eigenvalue weighted by molar-refractivity contribution is 5.96. The Kier molecular flexibility index (Phi) is 3.04. The minimum atomic E-state index is -0.846. The van der Waals surface area contributed by atoms with Gasteiger partial charge in [-0.15, -0.1) is 0 Å². The van der Waals surface area contributed by atoms with Crippen LogP contribution in [0.25, 0.3) is 0 Å². The van der Waals surface area contributed by atoms with Crippen LogP contribution in [-0.2, 0) is 0 Å². The predicted octanol–water partition coefficient (Wildman–Crippen LogP) is -0.298. The molecular weight excluding hydrogens is 246 g/mol. The first-order chi connectivity index (χ1) is 9.15. The Balaban J connectivity index is 1.80. The summed E-state index contributed by atoms with van der Waals surface area (Å²) in [5.74, 6) is -0.161. The predicted molar refractivity (Wildman–Crippen MR) is 71.3 cm³/mol. The minimum Gasteiger partial charge on any atom is -0.388 e. The second-order valence-electron chi connectivity index (χ2n) is 4.96. The number of fused-ring (bicyclic) bond motifs is 1. The number of hydrogen-bond acceptors (Lipinski definition) is 5. The molecule has 2 heterocycles. The van der Waals surface area contributed by atoms with Crippen molar-refractivity contribution >= 4 is 17.3 Å². The number of aliphatic hydroxyl groups is 2. The Morgan fingerprint density at radius 2 is 1.74 bits per heavy atom. The molecule has 1 fully saturated rings. The van der Waals surface area contributed by atoms with E-state index in [1.54, 1.807) is 12.1 Å². The van der Waals surface area contributed by atoms with Crippen LogP contribution in [-0.4, -0.2) is 59.4 Å². The maximum atomic E-state index is 12.3. The lowest BCUT2D eigenvalue weighted by Crippen LogP contribution is -2.30. The largest absolute Gasteiger partial charge is 0.388 e. The summed E-state index contributed by atoms with van der Waals surface area (Å²) in [6.07, 6.45) is -1.69. The van der Waals surface area contributed by atoms with Gasteiger partial charge >= 0.3 is 0 Å². The first kappa shape index (κ1) is 12.3. The Bertz CT molecular complexity index is 496. The normalized spacial score (nSPS) is 25.5. The van der Waals surface area contributed by atoms with Gasteiger partial charge < -0.3 is 25.7 Å². The van der Waals surface area contributed by atoms with Gasteiger partial charge in [-0.3, -0.25) is 4.79 Å². The van der Waals surface area contributed by atoms with Crippen molar-refractivity contribution in [3.8, 4) is 0 Å². The van der Waals surface area contributed by atoms with Gasteiger partial charge in [0, 0.05) is 31.7 Å². The molecule has 0 aliphatic carbocycles. The molecular formula is C13H17N3O3. The Morgan fingerprint density at radius 1 is 1.11 bits per heavy atom. The van der Waals surface area contributed by atoms with Gasteiger partial charge in [-0.1, -0.05) is 0 Å². The first-order valence-corrected chi connectivity index (χ1v) is 6.42. The van der Waals surface area contributed by atoms with Gasteiger partial charge in [0.25, 0.3) is 5.91 Å². The van der Waals surface area contributed by atoms with Crippen molar-refractivity contribution < 1.29 is 15.0 Å². The van der Waals surface area contributed by atoms with Crippen LogP contribution in [0.15, 0.2) is 18.2 Å². The first-order valence-electron chi connectivity index (χ1n) is 6.42. The summed E-state index contributed by atoms with van der Waals surface area (Å²) in [4.78, 5) is 13.8. The van der Waals surface area contributed by atoms with Crippen molar-refractivity contribution in [2.75, 3.05) is 36.8 Å². The van der Waals surface area contributed by atoms with Crippen LogP contribution in [0.1, 0.15) is 10.4 Å². The fourth-order valence-corrected chi connectivity index (χ4v) is 2.49. The highest BCUT2D eigenvalue weighted by Gasteiger charge is 2.33. The third kappa shape index (κ3) is 2.24. The van der Waals surface area contributed by atoms with Crippen molar-refractivity contribution in [1.82, 2.24) is 4.90 Å². The average Bonchev–Trinajstić information content (AvgIpc) is 2.77. The number of anilines is 2. The Morgan fingerprint density at radius 3 is 2.42 bits per heavy atom. The molecule has 1 aromatic rings. The van der Waals surface area contributed by atoms with Crippen LogP contribution in [0.2, 0.25) is 0 Å². The van der Waals surface area contributed by atoms with Crippen molar-refractivity contribution in [2.24, 2.45) is 0 Å². The lowest BCUT2D eigenvalue weighted by molar-refractivity contribution is 0.0572. The monoisotopic (exact) mass is 263 g/mol. The van der Waals surface area contributed by atoms with Gasteiger partial charge in [0.1, 0.15) is 0 Å². The summed E-state index contributed by atoms with van der Waals surface area (Å²) in [6.45, 7) is 2.06. The summed E-state index contributed by atoms with van der Waals surface area (Å²) in [5.41, 5.74) is 2.47. The van der Waals surface area contributed by atoms with Crippen LogP contribution in [0, 0.1) is 0 Å².